The molecule has 1 heterocycles. The topological polar surface area (TPSA) is 20.2 Å². The molecule has 0 radical (unpaired) electrons. The Morgan fingerprint density at radius 2 is 1.94 bits per heavy atom. The van der Waals surface area contributed by atoms with Gasteiger partial charge in [-0.2, -0.15) is 0 Å². The minimum Gasteiger partial charge on any atom is -0.383 e. The van der Waals surface area contributed by atoms with Crippen LogP contribution >= 0.6 is 43.2 Å². The smallest absolute Gasteiger partial charge is 0.114 e. The summed E-state index contributed by atoms with van der Waals surface area (Å²) in [6.45, 7) is 2.01. The van der Waals surface area contributed by atoms with Gasteiger partial charge in [0.1, 0.15) is 6.10 Å². The fourth-order valence-electron chi connectivity index (χ4n) is 1.54. The van der Waals surface area contributed by atoms with E-state index in [1.165, 1.54) is 0 Å². The lowest BCUT2D eigenvalue weighted by molar-refractivity contribution is 0.223. The molecule has 0 aliphatic carbocycles. The van der Waals surface area contributed by atoms with Crippen molar-refractivity contribution in [2.45, 2.75) is 13.0 Å². The molecule has 0 saturated heterocycles. The van der Waals surface area contributed by atoms with E-state index in [2.05, 4.69) is 31.9 Å². The summed E-state index contributed by atoms with van der Waals surface area (Å²) in [4.78, 5) is 0.938. The highest BCUT2D eigenvalue weighted by Gasteiger charge is 2.16. The number of halogens is 2. The third kappa shape index (κ3) is 2.40. The SMILES string of the molecule is Cc1ccccc1C(O)c1cc(Br)c(Br)s1. The molecule has 16 heavy (non-hydrogen) atoms. The summed E-state index contributed by atoms with van der Waals surface area (Å²) in [5.74, 6) is 0. The maximum absolute atomic E-state index is 10.3. The molecule has 84 valence electrons. The van der Waals surface area contributed by atoms with Crippen LogP contribution in [0.1, 0.15) is 22.1 Å². The van der Waals surface area contributed by atoms with Gasteiger partial charge >= 0.3 is 0 Å². The van der Waals surface area contributed by atoms with Crippen molar-refractivity contribution in [1.82, 2.24) is 0 Å². The number of aliphatic hydroxyl groups excluding tert-OH is 1. The second-order valence-corrected chi connectivity index (χ2v) is 6.79. The largest absolute Gasteiger partial charge is 0.383 e. The van der Waals surface area contributed by atoms with E-state index in [0.717, 1.165) is 24.3 Å². The average Bonchev–Trinajstić information content (AvgIpc) is 2.59. The van der Waals surface area contributed by atoms with Crippen molar-refractivity contribution >= 4 is 43.2 Å². The standard InChI is InChI=1S/C12H10Br2OS/c1-7-4-2-3-5-8(7)11(15)10-6-9(13)12(14)16-10/h2-6,11,15H,1H3. The minimum atomic E-state index is -0.547. The van der Waals surface area contributed by atoms with Gasteiger partial charge in [-0.05, 0) is 56.0 Å². The first kappa shape index (κ1) is 12.3. The van der Waals surface area contributed by atoms with Gasteiger partial charge in [0.2, 0.25) is 0 Å². The highest BCUT2D eigenvalue weighted by atomic mass is 79.9. The van der Waals surface area contributed by atoms with Gasteiger partial charge in [0.05, 0.1) is 3.79 Å². The van der Waals surface area contributed by atoms with Crippen molar-refractivity contribution in [2.75, 3.05) is 0 Å². The van der Waals surface area contributed by atoms with Crippen molar-refractivity contribution in [2.24, 2.45) is 0 Å². The van der Waals surface area contributed by atoms with E-state index in [4.69, 9.17) is 0 Å². The first-order chi connectivity index (χ1) is 7.59. The molecule has 0 saturated carbocycles. The van der Waals surface area contributed by atoms with E-state index < -0.39 is 6.10 Å². The van der Waals surface area contributed by atoms with Crippen LogP contribution in [0.3, 0.4) is 0 Å². The first-order valence-electron chi connectivity index (χ1n) is 4.78. The molecule has 2 rings (SSSR count). The lowest BCUT2D eigenvalue weighted by Gasteiger charge is -2.11. The summed E-state index contributed by atoms with van der Waals surface area (Å²) in [5.41, 5.74) is 2.07. The Hall–Kier alpha value is -0.160. The van der Waals surface area contributed by atoms with Gasteiger partial charge < -0.3 is 5.11 Å². The number of aryl methyl sites for hydroxylation is 1. The molecule has 4 heteroatoms. The second kappa shape index (κ2) is 5.00. The van der Waals surface area contributed by atoms with Gasteiger partial charge in [-0.15, -0.1) is 11.3 Å². The fourth-order valence-corrected chi connectivity index (χ4v) is 3.64. The highest BCUT2D eigenvalue weighted by Crippen LogP contribution is 2.38. The summed E-state index contributed by atoms with van der Waals surface area (Å²) < 4.78 is 2.00. The van der Waals surface area contributed by atoms with Gasteiger partial charge in [-0.3, -0.25) is 0 Å². The molecule has 0 bridgehead atoms. The Kier molecular flexibility index (Phi) is 3.85. The molecule has 0 aliphatic rings. The Morgan fingerprint density at radius 3 is 2.50 bits per heavy atom. The maximum atomic E-state index is 10.3. The predicted molar refractivity (Wildman–Crippen MR) is 75.0 cm³/mol. The summed E-state index contributed by atoms with van der Waals surface area (Å²) in [7, 11) is 0. The van der Waals surface area contributed by atoms with E-state index in [0.29, 0.717) is 0 Å². The van der Waals surface area contributed by atoms with Crippen LogP contribution in [0.25, 0.3) is 0 Å². The Balaban J connectivity index is 2.39. The van der Waals surface area contributed by atoms with E-state index in [1.54, 1.807) is 11.3 Å². The number of aliphatic hydroxyl groups is 1. The van der Waals surface area contributed by atoms with Gasteiger partial charge in [0, 0.05) is 9.35 Å². The molecule has 0 aliphatic heterocycles. The molecule has 1 N–H and O–H groups in total. The van der Waals surface area contributed by atoms with Gasteiger partial charge in [0.25, 0.3) is 0 Å². The van der Waals surface area contributed by atoms with Crippen LogP contribution in [-0.4, -0.2) is 5.11 Å². The van der Waals surface area contributed by atoms with E-state index in [9.17, 15) is 5.11 Å². The van der Waals surface area contributed by atoms with Crippen molar-refractivity contribution < 1.29 is 5.11 Å². The number of hydrogen-bond donors (Lipinski definition) is 1. The number of thiophene rings is 1. The Labute approximate surface area is 115 Å². The number of benzene rings is 1. The summed E-state index contributed by atoms with van der Waals surface area (Å²) in [5, 5.41) is 10.3. The van der Waals surface area contributed by atoms with Crippen molar-refractivity contribution in [3.05, 3.63) is 54.6 Å². The molecule has 1 atom stereocenters. The summed E-state index contributed by atoms with van der Waals surface area (Å²) in [6, 6.07) is 9.85. The van der Waals surface area contributed by atoms with Crippen LogP contribution in [-0.2, 0) is 0 Å². The van der Waals surface area contributed by atoms with Crippen molar-refractivity contribution in [1.29, 1.82) is 0 Å². The molecule has 1 unspecified atom stereocenters. The third-order valence-electron chi connectivity index (χ3n) is 2.42. The lowest BCUT2D eigenvalue weighted by Crippen LogP contribution is -1.99. The molecular weight excluding hydrogens is 352 g/mol. The van der Waals surface area contributed by atoms with Crippen LogP contribution in [0.4, 0.5) is 0 Å². The number of rotatable bonds is 2. The second-order valence-electron chi connectivity index (χ2n) is 3.53. The zero-order valence-electron chi connectivity index (χ0n) is 8.58. The Bertz CT molecular complexity index is 488. The monoisotopic (exact) mass is 360 g/mol. The molecule has 0 fully saturated rings. The van der Waals surface area contributed by atoms with Gasteiger partial charge in [0.15, 0.2) is 0 Å². The molecule has 1 aromatic carbocycles. The molecule has 0 spiro atoms. The molecular formula is C12H10Br2OS. The zero-order chi connectivity index (χ0) is 11.7. The van der Waals surface area contributed by atoms with Crippen LogP contribution in [0, 0.1) is 6.92 Å². The summed E-state index contributed by atoms with van der Waals surface area (Å²) >= 11 is 8.41. The van der Waals surface area contributed by atoms with Crippen molar-refractivity contribution in [3.8, 4) is 0 Å². The minimum absolute atomic E-state index is 0.547. The van der Waals surface area contributed by atoms with E-state index in [1.807, 2.05) is 37.3 Å². The van der Waals surface area contributed by atoms with Gasteiger partial charge in [-0.1, -0.05) is 24.3 Å². The third-order valence-corrected chi connectivity index (χ3v) is 5.73. The quantitative estimate of drug-likeness (QED) is 0.824. The summed E-state index contributed by atoms with van der Waals surface area (Å²) in [6.07, 6.45) is -0.547. The maximum Gasteiger partial charge on any atom is 0.114 e. The van der Waals surface area contributed by atoms with Gasteiger partial charge in [-0.25, -0.2) is 0 Å². The fraction of sp³-hybridized carbons (Fsp3) is 0.167. The van der Waals surface area contributed by atoms with Crippen LogP contribution in [0.15, 0.2) is 38.6 Å². The lowest BCUT2D eigenvalue weighted by atomic mass is 10.0. The zero-order valence-corrected chi connectivity index (χ0v) is 12.6. The van der Waals surface area contributed by atoms with Crippen LogP contribution in [0.5, 0.6) is 0 Å². The normalized spacial score (nSPS) is 12.8. The van der Waals surface area contributed by atoms with E-state index in [-0.39, 0.29) is 0 Å². The van der Waals surface area contributed by atoms with Crippen LogP contribution < -0.4 is 0 Å². The molecule has 0 amide bonds. The Morgan fingerprint density at radius 1 is 1.25 bits per heavy atom. The van der Waals surface area contributed by atoms with Crippen LogP contribution in [0.2, 0.25) is 0 Å². The predicted octanol–water partition coefficient (Wildman–Crippen LogP) is 4.66. The first-order valence-corrected chi connectivity index (χ1v) is 7.18. The molecule has 2 aromatic rings. The highest BCUT2D eigenvalue weighted by molar-refractivity contribution is 9.13. The number of hydrogen-bond acceptors (Lipinski definition) is 2. The molecule has 1 aromatic heterocycles. The average molecular weight is 362 g/mol. The van der Waals surface area contributed by atoms with Crippen molar-refractivity contribution in [3.63, 3.8) is 0 Å². The molecule has 1 nitrogen and oxygen atoms in total. The van der Waals surface area contributed by atoms with E-state index >= 15 is 0 Å².